The molecule has 6 nitrogen and oxygen atoms in total. The third-order valence-electron chi connectivity index (χ3n) is 3.15. The molecule has 0 unspecified atom stereocenters. The number of nitro groups is 1. The third kappa shape index (κ3) is 2.54. The van der Waals surface area contributed by atoms with Crippen LogP contribution in [0, 0.1) is 10.1 Å². The zero-order valence-corrected chi connectivity index (χ0v) is 11.4. The summed E-state index contributed by atoms with van der Waals surface area (Å²) in [5.74, 6) is -0.0688. The van der Waals surface area contributed by atoms with E-state index in [0.29, 0.717) is 5.39 Å². The minimum Gasteiger partial charge on any atom is -0.481 e. The number of hydrogen-bond donors (Lipinski definition) is 0. The molecule has 110 valence electrons. The quantitative estimate of drug-likeness (QED) is 0.419. The van der Waals surface area contributed by atoms with Gasteiger partial charge in [0.05, 0.1) is 10.3 Å². The van der Waals surface area contributed by atoms with Crippen molar-refractivity contribution in [3.8, 4) is 5.75 Å². The summed E-state index contributed by atoms with van der Waals surface area (Å²) in [5.41, 5.74) is -0.614. The van der Waals surface area contributed by atoms with Crippen LogP contribution >= 0.6 is 0 Å². The Balaban J connectivity index is 2.11. The molecule has 2 aromatic carbocycles. The van der Waals surface area contributed by atoms with Crippen molar-refractivity contribution in [2.24, 2.45) is 0 Å². The van der Waals surface area contributed by atoms with Crippen molar-refractivity contribution in [3.63, 3.8) is 0 Å². The lowest BCUT2D eigenvalue weighted by Gasteiger charge is -2.08. The van der Waals surface area contributed by atoms with Crippen molar-refractivity contribution in [2.45, 2.75) is 6.61 Å². The van der Waals surface area contributed by atoms with Crippen LogP contribution in [0.15, 0.2) is 63.8 Å². The molecule has 0 atom stereocenters. The monoisotopic (exact) mass is 297 g/mol. The van der Waals surface area contributed by atoms with Crippen molar-refractivity contribution in [1.82, 2.24) is 0 Å². The topological polar surface area (TPSA) is 82.6 Å². The smallest absolute Gasteiger partial charge is 0.419 e. The highest BCUT2D eigenvalue weighted by Crippen LogP contribution is 2.32. The third-order valence-corrected chi connectivity index (χ3v) is 3.15. The Hall–Kier alpha value is -3.15. The Morgan fingerprint density at radius 1 is 1.05 bits per heavy atom. The van der Waals surface area contributed by atoms with Gasteiger partial charge >= 0.3 is 11.3 Å². The first kappa shape index (κ1) is 13.8. The number of ether oxygens (including phenoxy) is 1. The molecule has 22 heavy (non-hydrogen) atoms. The van der Waals surface area contributed by atoms with E-state index in [1.165, 1.54) is 0 Å². The van der Waals surface area contributed by atoms with Crippen LogP contribution in [-0.4, -0.2) is 4.92 Å². The van der Waals surface area contributed by atoms with Crippen molar-refractivity contribution < 1.29 is 14.1 Å². The molecule has 3 rings (SSSR count). The molecule has 0 amide bonds. The molecule has 6 heteroatoms. The maximum Gasteiger partial charge on any atom is 0.419 e. The van der Waals surface area contributed by atoms with Gasteiger partial charge < -0.3 is 9.15 Å². The second kappa shape index (κ2) is 5.69. The molecule has 0 fully saturated rings. The Labute approximate surface area is 124 Å². The highest BCUT2D eigenvalue weighted by molar-refractivity contribution is 5.86. The van der Waals surface area contributed by atoms with E-state index in [4.69, 9.17) is 9.15 Å². The van der Waals surface area contributed by atoms with Crippen LogP contribution in [-0.2, 0) is 6.61 Å². The average Bonchev–Trinajstić information content (AvgIpc) is 2.52. The van der Waals surface area contributed by atoms with Crippen LogP contribution in [0.5, 0.6) is 5.75 Å². The van der Waals surface area contributed by atoms with Crippen molar-refractivity contribution in [2.75, 3.05) is 0 Å². The normalized spacial score (nSPS) is 10.5. The number of benzene rings is 2. The van der Waals surface area contributed by atoms with Gasteiger partial charge in [-0.05, 0) is 17.7 Å². The van der Waals surface area contributed by atoms with Gasteiger partial charge in [-0.3, -0.25) is 10.1 Å². The van der Waals surface area contributed by atoms with Gasteiger partial charge in [-0.25, -0.2) is 4.79 Å². The zero-order valence-electron chi connectivity index (χ0n) is 11.4. The summed E-state index contributed by atoms with van der Waals surface area (Å²) in [6.45, 7) is 0.120. The fraction of sp³-hybridized carbons (Fsp3) is 0.0625. The molecule has 0 saturated heterocycles. The van der Waals surface area contributed by atoms with E-state index in [2.05, 4.69) is 0 Å². The van der Waals surface area contributed by atoms with E-state index in [1.807, 2.05) is 30.3 Å². The summed E-state index contributed by atoms with van der Waals surface area (Å²) >= 11 is 0. The van der Waals surface area contributed by atoms with E-state index in [0.717, 1.165) is 5.56 Å². The molecular formula is C16H11NO5. The summed E-state index contributed by atoms with van der Waals surface area (Å²) in [5, 5.41) is 11.6. The number of nitrogens with zero attached hydrogens (tertiary/aromatic N) is 1. The van der Waals surface area contributed by atoms with Crippen LogP contribution in [0.2, 0.25) is 0 Å². The maximum absolute atomic E-state index is 11.8. The van der Waals surface area contributed by atoms with Crippen LogP contribution < -0.4 is 10.4 Å². The van der Waals surface area contributed by atoms with E-state index >= 15 is 0 Å². The molecule has 1 aromatic heterocycles. The minimum absolute atomic E-state index is 0.0688. The summed E-state index contributed by atoms with van der Waals surface area (Å²) in [7, 11) is 0. The summed E-state index contributed by atoms with van der Waals surface area (Å²) < 4.78 is 10.5. The Kier molecular flexibility index (Phi) is 3.57. The molecular weight excluding hydrogens is 286 g/mol. The molecule has 0 N–H and O–H groups in total. The van der Waals surface area contributed by atoms with Crippen LogP contribution in [0.1, 0.15) is 5.56 Å². The molecule has 0 aliphatic rings. The molecule has 0 aliphatic carbocycles. The number of rotatable bonds is 4. The van der Waals surface area contributed by atoms with Gasteiger partial charge in [0.25, 0.3) is 0 Å². The second-order valence-corrected chi connectivity index (χ2v) is 4.59. The molecule has 0 aliphatic heterocycles. The van der Waals surface area contributed by atoms with Crippen molar-refractivity contribution in [3.05, 3.63) is 80.7 Å². The largest absolute Gasteiger partial charge is 0.481 e. The number of hydrogen-bond acceptors (Lipinski definition) is 5. The Bertz CT molecular complexity index is 886. The van der Waals surface area contributed by atoms with Gasteiger partial charge in [0.15, 0.2) is 0 Å². The summed E-state index contributed by atoms with van der Waals surface area (Å²) in [4.78, 5) is 22.2. The predicted molar refractivity (Wildman–Crippen MR) is 79.9 cm³/mol. The molecule has 3 aromatic rings. The highest BCUT2D eigenvalue weighted by Gasteiger charge is 2.26. The van der Waals surface area contributed by atoms with Crippen LogP contribution in [0.25, 0.3) is 11.0 Å². The molecule has 0 bridgehead atoms. The fourth-order valence-corrected chi connectivity index (χ4v) is 2.14. The lowest BCUT2D eigenvalue weighted by molar-refractivity contribution is -0.388. The van der Waals surface area contributed by atoms with Gasteiger partial charge in [-0.15, -0.1) is 0 Å². The molecule has 0 radical (unpaired) electrons. The predicted octanol–water partition coefficient (Wildman–Crippen LogP) is 3.28. The standard InChI is InChI=1S/C16H11NO5/c18-16-14(17(19)20)15(12-8-4-5-9-13(12)22-16)21-10-11-6-2-1-3-7-11/h1-9H,10H2. The van der Waals surface area contributed by atoms with Gasteiger partial charge in [0.2, 0.25) is 5.75 Å². The highest BCUT2D eigenvalue weighted by atomic mass is 16.6. The van der Waals surface area contributed by atoms with Gasteiger partial charge in [0, 0.05) is 0 Å². The minimum atomic E-state index is -1.02. The molecule has 1 heterocycles. The zero-order chi connectivity index (χ0) is 15.5. The van der Waals surface area contributed by atoms with E-state index in [9.17, 15) is 14.9 Å². The summed E-state index contributed by atoms with van der Waals surface area (Å²) in [6, 6.07) is 15.8. The van der Waals surface area contributed by atoms with Crippen molar-refractivity contribution >= 4 is 16.7 Å². The number of para-hydroxylation sites is 1. The fourth-order valence-electron chi connectivity index (χ4n) is 2.14. The first-order valence-corrected chi connectivity index (χ1v) is 6.54. The Morgan fingerprint density at radius 2 is 1.73 bits per heavy atom. The van der Waals surface area contributed by atoms with E-state index in [1.54, 1.807) is 24.3 Å². The first-order chi connectivity index (χ1) is 10.7. The maximum atomic E-state index is 11.8. The van der Waals surface area contributed by atoms with Gasteiger partial charge in [-0.2, -0.15) is 0 Å². The van der Waals surface area contributed by atoms with Gasteiger partial charge in [0.1, 0.15) is 12.2 Å². The van der Waals surface area contributed by atoms with Crippen molar-refractivity contribution in [1.29, 1.82) is 0 Å². The molecule has 0 spiro atoms. The lowest BCUT2D eigenvalue weighted by Crippen LogP contribution is -2.10. The van der Waals surface area contributed by atoms with E-state index < -0.39 is 16.2 Å². The second-order valence-electron chi connectivity index (χ2n) is 4.59. The average molecular weight is 297 g/mol. The first-order valence-electron chi connectivity index (χ1n) is 6.54. The SMILES string of the molecule is O=c1oc2ccccc2c(OCc2ccccc2)c1[N+](=O)[O-]. The summed E-state index contributed by atoms with van der Waals surface area (Å²) in [6.07, 6.45) is 0. The lowest BCUT2D eigenvalue weighted by atomic mass is 10.2. The molecule has 0 saturated carbocycles. The van der Waals surface area contributed by atoms with Crippen LogP contribution in [0.3, 0.4) is 0 Å². The van der Waals surface area contributed by atoms with Gasteiger partial charge in [-0.1, -0.05) is 42.5 Å². The van der Waals surface area contributed by atoms with Crippen LogP contribution in [0.4, 0.5) is 5.69 Å². The number of fused-ring (bicyclic) bond motifs is 1. The van der Waals surface area contributed by atoms with E-state index in [-0.39, 0.29) is 17.9 Å². The Morgan fingerprint density at radius 3 is 2.45 bits per heavy atom.